The van der Waals surface area contributed by atoms with Crippen LogP contribution in [0.2, 0.25) is 0 Å². The molecular formula is C15H18N2O. The summed E-state index contributed by atoms with van der Waals surface area (Å²) in [6.45, 7) is 5.52. The van der Waals surface area contributed by atoms with E-state index in [9.17, 15) is 4.79 Å². The van der Waals surface area contributed by atoms with Gasteiger partial charge < -0.3 is 4.90 Å². The molecule has 3 heteroatoms. The lowest BCUT2D eigenvalue weighted by molar-refractivity contribution is -0.130. The van der Waals surface area contributed by atoms with Crippen LogP contribution in [-0.2, 0) is 11.2 Å². The quantitative estimate of drug-likeness (QED) is 0.825. The zero-order valence-corrected chi connectivity index (χ0v) is 10.9. The Morgan fingerprint density at radius 3 is 2.61 bits per heavy atom. The number of fused-ring (bicyclic) bond motifs is 1. The number of hydrogen-bond acceptors (Lipinski definition) is 2. The van der Waals surface area contributed by atoms with E-state index in [4.69, 9.17) is 0 Å². The first-order valence-corrected chi connectivity index (χ1v) is 6.36. The van der Waals surface area contributed by atoms with Gasteiger partial charge in [-0.3, -0.25) is 9.78 Å². The predicted molar refractivity (Wildman–Crippen MR) is 73.4 cm³/mol. The molecule has 1 aromatic heterocycles. The first-order chi connectivity index (χ1) is 8.76. The van der Waals surface area contributed by atoms with Crippen molar-refractivity contribution < 1.29 is 4.79 Å². The van der Waals surface area contributed by atoms with Crippen LogP contribution < -0.4 is 0 Å². The molecule has 2 aromatic rings. The fourth-order valence-corrected chi connectivity index (χ4v) is 2.16. The number of nitrogens with zero attached hydrogens (tertiary/aromatic N) is 2. The highest BCUT2D eigenvalue weighted by Gasteiger charge is 2.12. The van der Waals surface area contributed by atoms with E-state index in [2.05, 4.69) is 4.98 Å². The maximum atomic E-state index is 12.1. The van der Waals surface area contributed by atoms with Crippen molar-refractivity contribution in [3.05, 3.63) is 42.1 Å². The number of hydrogen-bond donors (Lipinski definition) is 0. The minimum Gasteiger partial charge on any atom is -0.343 e. The molecule has 1 heterocycles. The van der Waals surface area contributed by atoms with Gasteiger partial charge in [-0.05, 0) is 25.5 Å². The largest absolute Gasteiger partial charge is 0.343 e. The molecule has 0 fully saturated rings. The zero-order valence-electron chi connectivity index (χ0n) is 10.9. The Morgan fingerprint density at radius 2 is 1.89 bits per heavy atom. The van der Waals surface area contributed by atoms with Crippen molar-refractivity contribution in [3.63, 3.8) is 0 Å². The number of amides is 1. The van der Waals surface area contributed by atoms with E-state index in [0.29, 0.717) is 6.42 Å². The summed E-state index contributed by atoms with van der Waals surface area (Å²) in [5, 5.41) is 1.09. The van der Waals surface area contributed by atoms with Crippen LogP contribution >= 0.6 is 0 Å². The molecule has 1 amide bonds. The molecular weight excluding hydrogens is 224 g/mol. The number of carbonyl (C=O) groups excluding carboxylic acids is 1. The molecule has 0 radical (unpaired) electrons. The van der Waals surface area contributed by atoms with E-state index in [1.165, 1.54) is 0 Å². The molecule has 1 aromatic carbocycles. The molecule has 18 heavy (non-hydrogen) atoms. The summed E-state index contributed by atoms with van der Waals surface area (Å²) in [5.74, 6) is 0.165. The Morgan fingerprint density at radius 1 is 1.17 bits per heavy atom. The average Bonchev–Trinajstić information content (AvgIpc) is 2.40. The van der Waals surface area contributed by atoms with Crippen LogP contribution in [0.3, 0.4) is 0 Å². The van der Waals surface area contributed by atoms with Crippen LogP contribution in [0.25, 0.3) is 10.9 Å². The Labute approximate surface area is 107 Å². The van der Waals surface area contributed by atoms with Gasteiger partial charge in [-0.2, -0.15) is 0 Å². The molecule has 0 N–H and O–H groups in total. The van der Waals surface area contributed by atoms with Crippen LogP contribution in [0.4, 0.5) is 0 Å². The van der Waals surface area contributed by atoms with Gasteiger partial charge in [0.25, 0.3) is 0 Å². The van der Waals surface area contributed by atoms with Crippen molar-refractivity contribution in [2.75, 3.05) is 13.1 Å². The maximum Gasteiger partial charge on any atom is 0.227 e. The number of benzene rings is 1. The van der Waals surface area contributed by atoms with E-state index >= 15 is 0 Å². The van der Waals surface area contributed by atoms with E-state index < -0.39 is 0 Å². The van der Waals surface area contributed by atoms with Gasteiger partial charge in [0.2, 0.25) is 5.91 Å². The van der Waals surface area contributed by atoms with Gasteiger partial charge in [-0.25, -0.2) is 0 Å². The summed E-state index contributed by atoms with van der Waals surface area (Å²) in [7, 11) is 0. The molecule has 0 aliphatic carbocycles. The number of para-hydroxylation sites is 1. The topological polar surface area (TPSA) is 33.2 Å². The van der Waals surface area contributed by atoms with E-state index in [1.54, 1.807) is 6.20 Å². The van der Waals surface area contributed by atoms with Crippen LogP contribution in [-0.4, -0.2) is 28.9 Å². The molecule has 0 saturated heterocycles. The van der Waals surface area contributed by atoms with Crippen molar-refractivity contribution in [2.24, 2.45) is 0 Å². The van der Waals surface area contributed by atoms with Crippen molar-refractivity contribution in [2.45, 2.75) is 20.3 Å². The second-order valence-corrected chi connectivity index (χ2v) is 4.24. The van der Waals surface area contributed by atoms with Gasteiger partial charge >= 0.3 is 0 Å². The van der Waals surface area contributed by atoms with Crippen molar-refractivity contribution >= 4 is 16.8 Å². The van der Waals surface area contributed by atoms with Gasteiger partial charge in [0.15, 0.2) is 0 Å². The van der Waals surface area contributed by atoms with Gasteiger partial charge in [-0.15, -0.1) is 0 Å². The van der Waals surface area contributed by atoms with Crippen molar-refractivity contribution in [1.82, 2.24) is 9.88 Å². The summed E-state index contributed by atoms with van der Waals surface area (Å²) in [4.78, 5) is 18.3. The second-order valence-electron chi connectivity index (χ2n) is 4.24. The number of rotatable bonds is 4. The average molecular weight is 242 g/mol. The summed E-state index contributed by atoms with van der Waals surface area (Å²) < 4.78 is 0. The third kappa shape index (κ3) is 2.50. The van der Waals surface area contributed by atoms with Gasteiger partial charge in [0.05, 0.1) is 11.9 Å². The Balaban J connectivity index is 2.29. The zero-order chi connectivity index (χ0) is 13.0. The second kappa shape index (κ2) is 5.63. The highest BCUT2D eigenvalue weighted by atomic mass is 16.2. The molecule has 0 aliphatic heterocycles. The number of aromatic nitrogens is 1. The van der Waals surface area contributed by atoms with Gasteiger partial charge in [0, 0.05) is 24.7 Å². The Hall–Kier alpha value is -1.90. The standard InChI is InChI=1S/C15H18N2O/c1-3-17(4-2)14(18)11-13-8-5-7-12-9-6-10-16-15(12)13/h5-10H,3-4,11H2,1-2H3. The molecule has 0 atom stereocenters. The maximum absolute atomic E-state index is 12.1. The smallest absolute Gasteiger partial charge is 0.227 e. The van der Waals surface area contributed by atoms with Gasteiger partial charge in [-0.1, -0.05) is 24.3 Å². The lowest BCUT2D eigenvalue weighted by Gasteiger charge is -2.18. The van der Waals surface area contributed by atoms with E-state index in [0.717, 1.165) is 29.6 Å². The molecule has 0 aliphatic rings. The highest BCUT2D eigenvalue weighted by molar-refractivity contribution is 5.87. The molecule has 2 rings (SSSR count). The van der Waals surface area contributed by atoms with Crippen LogP contribution in [0.5, 0.6) is 0 Å². The summed E-state index contributed by atoms with van der Waals surface area (Å²) in [6.07, 6.45) is 2.20. The summed E-state index contributed by atoms with van der Waals surface area (Å²) >= 11 is 0. The van der Waals surface area contributed by atoms with Crippen LogP contribution in [0, 0.1) is 0 Å². The van der Waals surface area contributed by atoms with Crippen LogP contribution in [0.15, 0.2) is 36.5 Å². The minimum absolute atomic E-state index is 0.165. The number of carbonyl (C=O) groups is 1. The predicted octanol–water partition coefficient (Wildman–Crippen LogP) is 2.65. The number of likely N-dealkylation sites (N-methyl/N-ethyl adjacent to an activating group) is 1. The van der Waals surface area contributed by atoms with Gasteiger partial charge in [0.1, 0.15) is 0 Å². The minimum atomic E-state index is 0.165. The molecule has 94 valence electrons. The monoisotopic (exact) mass is 242 g/mol. The molecule has 0 unspecified atom stereocenters. The third-order valence-corrected chi connectivity index (χ3v) is 3.17. The SMILES string of the molecule is CCN(CC)C(=O)Cc1cccc2cccnc12. The third-order valence-electron chi connectivity index (χ3n) is 3.17. The molecule has 0 saturated carbocycles. The lowest BCUT2D eigenvalue weighted by Crippen LogP contribution is -2.31. The Bertz CT molecular complexity index is 542. The lowest BCUT2D eigenvalue weighted by atomic mass is 10.1. The highest BCUT2D eigenvalue weighted by Crippen LogP contribution is 2.16. The molecule has 0 spiro atoms. The van der Waals surface area contributed by atoms with Crippen LogP contribution in [0.1, 0.15) is 19.4 Å². The Kier molecular flexibility index (Phi) is 3.92. The normalized spacial score (nSPS) is 10.6. The first kappa shape index (κ1) is 12.6. The van der Waals surface area contributed by atoms with Crippen molar-refractivity contribution in [3.8, 4) is 0 Å². The molecule has 3 nitrogen and oxygen atoms in total. The summed E-state index contributed by atoms with van der Waals surface area (Å²) in [5.41, 5.74) is 1.94. The molecule has 0 bridgehead atoms. The van der Waals surface area contributed by atoms with Crippen molar-refractivity contribution in [1.29, 1.82) is 0 Å². The number of pyridine rings is 1. The first-order valence-electron chi connectivity index (χ1n) is 6.36. The summed E-state index contributed by atoms with van der Waals surface area (Å²) in [6, 6.07) is 9.92. The fraction of sp³-hybridized carbons (Fsp3) is 0.333. The van der Waals surface area contributed by atoms with E-state index in [1.807, 2.05) is 49.1 Å². The van der Waals surface area contributed by atoms with E-state index in [-0.39, 0.29) is 5.91 Å². The fourth-order valence-electron chi connectivity index (χ4n) is 2.16.